The van der Waals surface area contributed by atoms with E-state index >= 15 is 0 Å². The molecule has 2 N–H and O–H groups in total. The van der Waals surface area contributed by atoms with Crippen molar-refractivity contribution in [3.05, 3.63) is 23.9 Å². The van der Waals surface area contributed by atoms with Gasteiger partial charge in [-0.15, -0.1) is 0 Å². The lowest BCUT2D eigenvalue weighted by atomic mass is 9.95. The number of carbonyl (C=O) groups is 1. The van der Waals surface area contributed by atoms with Gasteiger partial charge in [0.2, 0.25) is 0 Å². The second-order valence-corrected chi connectivity index (χ2v) is 5.54. The van der Waals surface area contributed by atoms with Crippen LogP contribution in [0.4, 0.5) is 5.82 Å². The fourth-order valence-electron chi connectivity index (χ4n) is 2.42. The van der Waals surface area contributed by atoms with E-state index < -0.39 is 0 Å². The molecule has 1 aliphatic carbocycles. The zero-order valence-corrected chi connectivity index (χ0v) is 11.8. The number of aromatic nitrogens is 1. The minimum absolute atomic E-state index is 0.00417. The van der Waals surface area contributed by atoms with Crippen LogP contribution < -0.4 is 10.6 Å². The third-order valence-corrected chi connectivity index (χ3v) is 3.40. The number of carbonyl (C=O) groups excluding carboxylic acids is 1. The molecule has 0 spiro atoms. The maximum Gasteiger partial charge on any atom is 0.253 e. The van der Waals surface area contributed by atoms with Crippen LogP contribution in [0.15, 0.2) is 18.3 Å². The third kappa shape index (κ3) is 4.23. The topological polar surface area (TPSA) is 54.0 Å². The minimum atomic E-state index is -0.00417. The van der Waals surface area contributed by atoms with Crippen molar-refractivity contribution < 1.29 is 4.79 Å². The van der Waals surface area contributed by atoms with Crippen LogP contribution in [0.5, 0.6) is 0 Å². The van der Waals surface area contributed by atoms with Crippen LogP contribution in [0.3, 0.4) is 0 Å². The molecule has 0 saturated heterocycles. The van der Waals surface area contributed by atoms with Crippen molar-refractivity contribution in [2.24, 2.45) is 0 Å². The van der Waals surface area contributed by atoms with Gasteiger partial charge in [-0.2, -0.15) is 0 Å². The number of amides is 1. The Balaban J connectivity index is 1.91. The van der Waals surface area contributed by atoms with Gasteiger partial charge in [0.25, 0.3) is 5.91 Å². The molecule has 1 heterocycles. The maximum atomic E-state index is 12.1. The first kappa shape index (κ1) is 13.8. The Labute approximate surface area is 115 Å². The summed E-state index contributed by atoms with van der Waals surface area (Å²) in [6, 6.07) is 4.37. The highest BCUT2D eigenvalue weighted by atomic mass is 16.1. The van der Waals surface area contributed by atoms with Crippen molar-refractivity contribution in [2.75, 3.05) is 5.32 Å². The van der Waals surface area contributed by atoms with Crippen LogP contribution in [-0.4, -0.2) is 23.0 Å². The average molecular weight is 261 g/mol. The Morgan fingerprint density at radius 1 is 1.26 bits per heavy atom. The van der Waals surface area contributed by atoms with E-state index in [2.05, 4.69) is 29.5 Å². The molecular weight excluding hydrogens is 238 g/mol. The second-order valence-electron chi connectivity index (χ2n) is 5.54. The van der Waals surface area contributed by atoms with Crippen LogP contribution >= 0.6 is 0 Å². The van der Waals surface area contributed by atoms with E-state index in [4.69, 9.17) is 0 Å². The van der Waals surface area contributed by atoms with Crippen LogP contribution in [0, 0.1) is 0 Å². The number of pyridine rings is 1. The van der Waals surface area contributed by atoms with Crippen molar-refractivity contribution >= 4 is 11.7 Å². The summed E-state index contributed by atoms with van der Waals surface area (Å²) in [6.07, 6.45) is 7.59. The Bertz CT molecular complexity index is 408. The van der Waals surface area contributed by atoms with Gasteiger partial charge in [-0.25, -0.2) is 4.98 Å². The molecule has 4 nitrogen and oxygen atoms in total. The molecule has 1 amide bonds. The Morgan fingerprint density at radius 3 is 2.58 bits per heavy atom. The molecule has 2 rings (SSSR count). The van der Waals surface area contributed by atoms with Crippen LogP contribution in [-0.2, 0) is 0 Å². The van der Waals surface area contributed by atoms with Crippen LogP contribution in [0.2, 0.25) is 0 Å². The first-order valence-corrected chi connectivity index (χ1v) is 7.18. The summed E-state index contributed by atoms with van der Waals surface area (Å²) >= 11 is 0. The number of nitrogens with zero attached hydrogens (tertiary/aromatic N) is 1. The smallest absolute Gasteiger partial charge is 0.253 e. The Morgan fingerprint density at radius 2 is 2.00 bits per heavy atom. The minimum Gasteiger partial charge on any atom is -0.368 e. The highest BCUT2D eigenvalue weighted by Crippen LogP contribution is 2.18. The van der Waals surface area contributed by atoms with E-state index in [1.54, 1.807) is 6.20 Å². The van der Waals surface area contributed by atoms with Crippen molar-refractivity contribution in [3.63, 3.8) is 0 Å². The van der Waals surface area contributed by atoms with E-state index in [-0.39, 0.29) is 5.91 Å². The molecule has 19 heavy (non-hydrogen) atoms. The lowest BCUT2D eigenvalue weighted by Gasteiger charge is -2.22. The summed E-state index contributed by atoms with van der Waals surface area (Å²) in [5.41, 5.74) is 0.639. The second kappa shape index (κ2) is 6.55. The zero-order chi connectivity index (χ0) is 13.7. The van der Waals surface area contributed by atoms with Gasteiger partial charge in [-0.3, -0.25) is 4.79 Å². The van der Waals surface area contributed by atoms with Crippen molar-refractivity contribution in [2.45, 2.75) is 58.0 Å². The summed E-state index contributed by atoms with van der Waals surface area (Å²) in [4.78, 5) is 16.3. The van der Waals surface area contributed by atoms with Gasteiger partial charge in [0.05, 0.1) is 5.56 Å². The van der Waals surface area contributed by atoms with Gasteiger partial charge in [0.15, 0.2) is 0 Å². The quantitative estimate of drug-likeness (QED) is 0.876. The van der Waals surface area contributed by atoms with Crippen molar-refractivity contribution in [3.8, 4) is 0 Å². The molecule has 1 aromatic heterocycles. The summed E-state index contributed by atoms with van der Waals surface area (Å²) in [7, 11) is 0. The predicted molar refractivity (Wildman–Crippen MR) is 77.3 cm³/mol. The lowest BCUT2D eigenvalue weighted by molar-refractivity contribution is 0.0927. The number of anilines is 1. The summed E-state index contributed by atoms with van der Waals surface area (Å²) in [6.45, 7) is 4.12. The molecular formula is C15H23N3O. The number of nitrogens with one attached hydrogen (secondary N) is 2. The van der Waals surface area contributed by atoms with Gasteiger partial charge in [0, 0.05) is 18.3 Å². The first-order valence-electron chi connectivity index (χ1n) is 7.18. The van der Waals surface area contributed by atoms with Gasteiger partial charge in [-0.1, -0.05) is 19.3 Å². The standard InChI is InChI=1S/C15H23N3O/c1-11(2)17-14-9-8-12(10-16-14)15(19)18-13-6-4-3-5-7-13/h8-11,13H,3-7H2,1-2H3,(H,16,17)(H,18,19). The predicted octanol–water partition coefficient (Wildman–Crippen LogP) is 2.96. The lowest BCUT2D eigenvalue weighted by Crippen LogP contribution is -2.36. The number of hydrogen-bond acceptors (Lipinski definition) is 3. The Kier molecular flexibility index (Phi) is 4.77. The summed E-state index contributed by atoms with van der Waals surface area (Å²) in [5.74, 6) is 0.805. The molecule has 1 aliphatic rings. The van der Waals surface area contributed by atoms with Crippen LogP contribution in [0.1, 0.15) is 56.3 Å². The highest BCUT2D eigenvalue weighted by Gasteiger charge is 2.16. The molecule has 0 atom stereocenters. The maximum absolute atomic E-state index is 12.1. The first-order chi connectivity index (χ1) is 9.15. The van der Waals surface area contributed by atoms with E-state index in [1.807, 2.05) is 12.1 Å². The molecule has 0 aliphatic heterocycles. The Hall–Kier alpha value is -1.58. The molecule has 104 valence electrons. The number of hydrogen-bond donors (Lipinski definition) is 2. The molecule has 0 bridgehead atoms. The van der Waals surface area contributed by atoms with Gasteiger partial charge < -0.3 is 10.6 Å². The third-order valence-electron chi connectivity index (χ3n) is 3.40. The van der Waals surface area contributed by atoms with Crippen molar-refractivity contribution in [1.82, 2.24) is 10.3 Å². The van der Waals surface area contributed by atoms with Gasteiger partial charge in [-0.05, 0) is 38.8 Å². The number of rotatable bonds is 4. The molecule has 1 aromatic rings. The van der Waals surface area contributed by atoms with Crippen molar-refractivity contribution in [1.29, 1.82) is 0 Å². The molecule has 1 saturated carbocycles. The van der Waals surface area contributed by atoms with Crippen LogP contribution in [0.25, 0.3) is 0 Å². The fourth-order valence-corrected chi connectivity index (χ4v) is 2.42. The monoisotopic (exact) mass is 261 g/mol. The fraction of sp³-hybridized carbons (Fsp3) is 0.600. The van der Waals surface area contributed by atoms with Gasteiger partial charge >= 0.3 is 0 Å². The van der Waals surface area contributed by atoms with E-state index in [1.165, 1.54) is 19.3 Å². The molecule has 4 heteroatoms. The largest absolute Gasteiger partial charge is 0.368 e. The van der Waals surface area contributed by atoms with E-state index in [0.717, 1.165) is 18.7 Å². The molecule has 1 fully saturated rings. The summed E-state index contributed by atoms with van der Waals surface area (Å²) < 4.78 is 0. The SMILES string of the molecule is CC(C)Nc1ccc(C(=O)NC2CCCCC2)cn1. The van der Waals surface area contributed by atoms with E-state index in [9.17, 15) is 4.79 Å². The highest BCUT2D eigenvalue weighted by molar-refractivity contribution is 5.94. The molecule has 0 unspecified atom stereocenters. The molecule has 0 aromatic carbocycles. The van der Waals surface area contributed by atoms with E-state index in [0.29, 0.717) is 17.6 Å². The zero-order valence-electron chi connectivity index (χ0n) is 11.8. The normalized spacial score (nSPS) is 16.4. The van der Waals surface area contributed by atoms with Gasteiger partial charge in [0.1, 0.15) is 5.82 Å². The summed E-state index contributed by atoms with van der Waals surface area (Å²) in [5, 5.41) is 6.31. The average Bonchev–Trinajstić information content (AvgIpc) is 2.40. The molecule has 0 radical (unpaired) electrons.